The molecule has 0 aromatic heterocycles. The molecule has 6 nitrogen and oxygen atoms in total. The van der Waals surface area contributed by atoms with Crippen LogP contribution in [0, 0.1) is 5.92 Å². The monoisotopic (exact) mass is 292 g/mol. The maximum absolute atomic E-state index is 11.8. The molecule has 1 aromatic rings. The fourth-order valence-electron chi connectivity index (χ4n) is 2.17. The Labute approximate surface area is 123 Å². The van der Waals surface area contributed by atoms with Gasteiger partial charge in [-0.2, -0.15) is 0 Å². The maximum Gasteiger partial charge on any atom is 0.337 e. The number of rotatable bonds is 4. The molecule has 0 bridgehead atoms. The molecule has 1 fully saturated rings. The van der Waals surface area contributed by atoms with Crippen molar-refractivity contribution in [2.45, 2.75) is 12.8 Å². The van der Waals surface area contributed by atoms with E-state index >= 15 is 0 Å². The van der Waals surface area contributed by atoms with Gasteiger partial charge in [0.05, 0.1) is 12.7 Å². The number of urea groups is 1. The molecule has 0 saturated carbocycles. The smallest absolute Gasteiger partial charge is 0.337 e. The molecule has 0 aliphatic carbocycles. The molecule has 0 radical (unpaired) electrons. The van der Waals surface area contributed by atoms with Crippen LogP contribution < -0.4 is 10.6 Å². The number of carbonyl (C=O) groups is 2. The van der Waals surface area contributed by atoms with Gasteiger partial charge in [0, 0.05) is 25.4 Å². The fourth-order valence-corrected chi connectivity index (χ4v) is 2.17. The SMILES string of the molecule is COC(=O)c1ccc(NC(=O)NCC2CCOCC2)cc1. The molecule has 0 atom stereocenters. The molecule has 6 heteroatoms. The lowest BCUT2D eigenvalue weighted by molar-refractivity contribution is 0.0600. The lowest BCUT2D eigenvalue weighted by atomic mass is 10.0. The summed E-state index contributed by atoms with van der Waals surface area (Å²) in [6.45, 7) is 2.18. The summed E-state index contributed by atoms with van der Waals surface area (Å²) in [4.78, 5) is 23.1. The zero-order chi connectivity index (χ0) is 15.1. The second-order valence-electron chi connectivity index (χ2n) is 4.96. The van der Waals surface area contributed by atoms with E-state index in [4.69, 9.17) is 4.74 Å². The molecule has 114 valence electrons. The zero-order valence-corrected chi connectivity index (χ0v) is 12.1. The molecule has 2 N–H and O–H groups in total. The molecule has 1 heterocycles. The van der Waals surface area contributed by atoms with Crippen molar-refractivity contribution in [1.82, 2.24) is 5.32 Å². The number of hydrogen-bond donors (Lipinski definition) is 2. The van der Waals surface area contributed by atoms with Gasteiger partial charge in [-0.05, 0) is 43.0 Å². The van der Waals surface area contributed by atoms with E-state index in [1.165, 1.54) is 7.11 Å². The van der Waals surface area contributed by atoms with Crippen LogP contribution in [0.25, 0.3) is 0 Å². The van der Waals surface area contributed by atoms with Crippen LogP contribution in [0.3, 0.4) is 0 Å². The van der Waals surface area contributed by atoms with Crippen molar-refractivity contribution in [3.05, 3.63) is 29.8 Å². The summed E-state index contributed by atoms with van der Waals surface area (Å²) in [7, 11) is 1.33. The molecule has 1 aliphatic rings. The highest BCUT2D eigenvalue weighted by Gasteiger charge is 2.14. The van der Waals surface area contributed by atoms with Gasteiger partial charge in [0.1, 0.15) is 0 Å². The number of esters is 1. The third kappa shape index (κ3) is 4.75. The summed E-state index contributed by atoms with van der Waals surface area (Å²) in [5, 5.41) is 5.58. The van der Waals surface area contributed by atoms with Crippen LogP contribution in [-0.2, 0) is 9.47 Å². The maximum atomic E-state index is 11.8. The van der Waals surface area contributed by atoms with Gasteiger partial charge < -0.3 is 20.1 Å². The van der Waals surface area contributed by atoms with E-state index in [1.54, 1.807) is 24.3 Å². The lowest BCUT2D eigenvalue weighted by Gasteiger charge is -2.22. The Bertz CT molecular complexity index is 481. The molecule has 21 heavy (non-hydrogen) atoms. The Balaban J connectivity index is 1.77. The van der Waals surface area contributed by atoms with Crippen molar-refractivity contribution >= 4 is 17.7 Å². The van der Waals surface area contributed by atoms with Crippen LogP contribution in [0.5, 0.6) is 0 Å². The number of anilines is 1. The highest BCUT2D eigenvalue weighted by atomic mass is 16.5. The molecule has 2 rings (SSSR count). The first-order valence-corrected chi connectivity index (χ1v) is 7.00. The minimum Gasteiger partial charge on any atom is -0.465 e. The Kier molecular flexibility index (Phi) is 5.57. The lowest BCUT2D eigenvalue weighted by Crippen LogP contribution is -2.35. The third-order valence-electron chi connectivity index (χ3n) is 3.46. The van der Waals surface area contributed by atoms with E-state index in [0.717, 1.165) is 26.1 Å². The zero-order valence-electron chi connectivity index (χ0n) is 12.1. The van der Waals surface area contributed by atoms with Crippen molar-refractivity contribution < 1.29 is 19.1 Å². The standard InChI is InChI=1S/C15H20N2O4/c1-20-14(18)12-2-4-13(5-3-12)17-15(19)16-10-11-6-8-21-9-7-11/h2-5,11H,6-10H2,1H3,(H2,16,17,19). The van der Waals surface area contributed by atoms with E-state index in [2.05, 4.69) is 15.4 Å². The number of amides is 2. The first-order chi connectivity index (χ1) is 10.2. The van der Waals surface area contributed by atoms with E-state index in [9.17, 15) is 9.59 Å². The van der Waals surface area contributed by atoms with Gasteiger partial charge in [-0.3, -0.25) is 0 Å². The van der Waals surface area contributed by atoms with Crippen molar-refractivity contribution in [2.75, 3.05) is 32.2 Å². The second-order valence-corrected chi connectivity index (χ2v) is 4.96. The Morgan fingerprint density at radius 2 is 1.90 bits per heavy atom. The van der Waals surface area contributed by atoms with E-state index in [0.29, 0.717) is 23.7 Å². The first kappa shape index (κ1) is 15.3. The summed E-state index contributed by atoms with van der Waals surface area (Å²) in [5.41, 5.74) is 1.08. The molecule has 1 aromatic carbocycles. The average molecular weight is 292 g/mol. The highest BCUT2D eigenvalue weighted by Crippen LogP contribution is 2.13. The predicted octanol–water partition coefficient (Wildman–Crippen LogP) is 2.02. The van der Waals surface area contributed by atoms with Crippen molar-refractivity contribution in [1.29, 1.82) is 0 Å². The van der Waals surface area contributed by atoms with Gasteiger partial charge in [0.2, 0.25) is 0 Å². The van der Waals surface area contributed by atoms with Crippen LogP contribution in [0.15, 0.2) is 24.3 Å². The van der Waals surface area contributed by atoms with Gasteiger partial charge >= 0.3 is 12.0 Å². The summed E-state index contributed by atoms with van der Waals surface area (Å²) in [6, 6.07) is 6.31. The fraction of sp³-hybridized carbons (Fsp3) is 0.467. The summed E-state index contributed by atoms with van der Waals surface area (Å²) < 4.78 is 9.89. The summed E-state index contributed by atoms with van der Waals surface area (Å²) in [5.74, 6) is 0.0803. The van der Waals surface area contributed by atoms with E-state index in [-0.39, 0.29) is 6.03 Å². The molecular formula is C15H20N2O4. The predicted molar refractivity (Wildman–Crippen MR) is 78.3 cm³/mol. The molecule has 0 spiro atoms. The summed E-state index contributed by atoms with van der Waals surface area (Å²) >= 11 is 0. The number of benzene rings is 1. The number of hydrogen-bond acceptors (Lipinski definition) is 4. The number of methoxy groups -OCH3 is 1. The molecule has 1 saturated heterocycles. The number of ether oxygens (including phenoxy) is 2. The van der Waals surface area contributed by atoms with Gasteiger partial charge in [-0.25, -0.2) is 9.59 Å². The summed E-state index contributed by atoms with van der Waals surface area (Å²) in [6.07, 6.45) is 1.96. The Hall–Kier alpha value is -2.08. The number of nitrogens with one attached hydrogen (secondary N) is 2. The van der Waals surface area contributed by atoms with Crippen LogP contribution >= 0.6 is 0 Å². The number of carbonyl (C=O) groups excluding carboxylic acids is 2. The third-order valence-corrected chi connectivity index (χ3v) is 3.46. The van der Waals surface area contributed by atoms with Crippen molar-refractivity contribution in [3.8, 4) is 0 Å². The first-order valence-electron chi connectivity index (χ1n) is 7.00. The van der Waals surface area contributed by atoms with Crippen LogP contribution in [0.2, 0.25) is 0 Å². The molecule has 0 unspecified atom stereocenters. The molecular weight excluding hydrogens is 272 g/mol. The molecule has 1 aliphatic heterocycles. The van der Waals surface area contributed by atoms with Crippen LogP contribution in [-0.4, -0.2) is 38.9 Å². The normalized spacial score (nSPS) is 15.3. The van der Waals surface area contributed by atoms with Gasteiger partial charge in [-0.1, -0.05) is 0 Å². The molecule has 2 amide bonds. The average Bonchev–Trinajstić information content (AvgIpc) is 2.54. The minimum absolute atomic E-state index is 0.243. The Morgan fingerprint density at radius 1 is 1.24 bits per heavy atom. The van der Waals surface area contributed by atoms with E-state index < -0.39 is 5.97 Å². The van der Waals surface area contributed by atoms with Gasteiger partial charge in [-0.15, -0.1) is 0 Å². The van der Waals surface area contributed by atoms with Crippen LogP contribution in [0.4, 0.5) is 10.5 Å². The largest absolute Gasteiger partial charge is 0.465 e. The van der Waals surface area contributed by atoms with Crippen molar-refractivity contribution in [2.24, 2.45) is 5.92 Å². The minimum atomic E-state index is -0.398. The Morgan fingerprint density at radius 3 is 2.52 bits per heavy atom. The van der Waals surface area contributed by atoms with Gasteiger partial charge in [0.15, 0.2) is 0 Å². The quantitative estimate of drug-likeness (QED) is 0.832. The highest BCUT2D eigenvalue weighted by molar-refractivity contribution is 5.92. The topological polar surface area (TPSA) is 76.7 Å². The van der Waals surface area contributed by atoms with Crippen LogP contribution in [0.1, 0.15) is 23.2 Å². The van der Waals surface area contributed by atoms with Crippen molar-refractivity contribution in [3.63, 3.8) is 0 Å². The van der Waals surface area contributed by atoms with E-state index in [1.807, 2.05) is 0 Å². The second kappa shape index (κ2) is 7.64. The van der Waals surface area contributed by atoms with Gasteiger partial charge in [0.25, 0.3) is 0 Å².